The Morgan fingerprint density at radius 1 is 1.35 bits per heavy atom. The number of fused-ring (bicyclic) bond motifs is 1. The number of nitrogens with one attached hydrogen (secondary N) is 1. The number of carbonyl (C=O) groups is 1. The molecule has 4 rings (SSSR count). The van der Waals surface area contributed by atoms with Crippen molar-refractivity contribution in [1.82, 2.24) is 20.3 Å². The van der Waals surface area contributed by atoms with Crippen molar-refractivity contribution in [3.8, 4) is 0 Å². The largest absolute Gasteiger partial charge is 0.390 e. The van der Waals surface area contributed by atoms with Gasteiger partial charge in [-0.25, -0.2) is 4.68 Å². The SMILES string of the molecule is CCC(NC(=O)c1ccc(Cl)cc1)C1C2CC(n3cc(CO)nn3)CC21. The van der Waals surface area contributed by atoms with Gasteiger partial charge in [0.25, 0.3) is 5.91 Å². The smallest absolute Gasteiger partial charge is 0.251 e. The van der Waals surface area contributed by atoms with E-state index < -0.39 is 0 Å². The highest BCUT2D eigenvalue weighted by Gasteiger charge is 2.59. The molecule has 6 nitrogen and oxygen atoms in total. The summed E-state index contributed by atoms with van der Waals surface area (Å²) in [6, 6.07) is 7.57. The van der Waals surface area contributed by atoms with Gasteiger partial charge in [-0.2, -0.15) is 0 Å². The highest BCUT2D eigenvalue weighted by Crippen LogP contribution is 2.62. The Bertz CT molecular complexity index is 779. The maximum atomic E-state index is 12.5. The third-order valence-electron chi connectivity index (χ3n) is 5.91. The van der Waals surface area contributed by atoms with E-state index in [0.717, 1.165) is 19.3 Å². The average molecular weight is 375 g/mol. The Kier molecular flexibility index (Phi) is 4.71. The van der Waals surface area contributed by atoms with Crippen LogP contribution >= 0.6 is 11.6 Å². The van der Waals surface area contributed by atoms with Crippen molar-refractivity contribution in [3.05, 3.63) is 46.7 Å². The number of hydrogen-bond donors (Lipinski definition) is 2. The summed E-state index contributed by atoms with van der Waals surface area (Å²) in [6.07, 6.45) is 4.90. The summed E-state index contributed by atoms with van der Waals surface area (Å²) in [5, 5.41) is 21.1. The first-order chi connectivity index (χ1) is 12.6. The molecule has 0 saturated heterocycles. The molecule has 2 aliphatic carbocycles. The van der Waals surface area contributed by atoms with E-state index in [1.54, 1.807) is 24.3 Å². The number of rotatable bonds is 6. The van der Waals surface area contributed by atoms with Crippen LogP contribution in [0.4, 0.5) is 0 Å². The highest BCUT2D eigenvalue weighted by molar-refractivity contribution is 6.30. The molecule has 2 aromatic rings. The lowest BCUT2D eigenvalue weighted by Crippen LogP contribution is -2.37. The van der Waals surface area contributed by atoms with E-state index in [9.17, 15) is 4.79 Å². The van der Waals surface area contributed by atoms with Crippen LogP contribution in [0.1, 0.15) is 48.3 Å². The Morgan fingerprint density at radius 2 is 2.04 bits per heavy atom. The van der Waals surface area contributed by atoms with Crippen LogP contribution in [0.2, 0.25) is 5.02 Å². The van der Waals surface area contributed by atoms with E-state index in [-0.39, 0.29) is 18.6 Å². The summed E-state index contributed by atoms with van der Waals surface area (Å²) in [4.78, 5) is 12.5. The van der Waals surface area contributed by atoms with Gasteiger partial charge in [0.15, 0.2) is 0 Å². The molecule has 0 radical (unpaired) electrons. The normalized spacial score (nSPS) is 27.8. The van der Waals surface area contributed by atoms with Crippen molar-refractivity contribution in [2.45, 2.75) is 44.9 Å². The highest BCUT2D eigenvalue weighted by atomic mass is 35.5. The minimum atomic E-state index is -0.0726. The first-order valence-electron chi connectivity index (χ1n) is 9.18. The van der Waals surface area contributed by atoms with Crippen LogP contribution < -0.4 is 5.32 Å². The number of aliphatic hydroxyl groups excluding tert-OH is 1. The predicted molar refractivity (Wildman–Crippen MR) is 97.7 cm³/mol. The van der Waals surface area contributed by atoms with Gasteiger partial charge in [0.2, 0.25) is 0 Å². The van der Waals surface area contributed by atoms with Crippen molar-refractivity contribution < 1.29 is 9.90 Å². The quantitative estimate of drug-likeness (QED) is 0.814. The zero-order valence-electron chi connectivity index (χ0n) is 14.7. The third-order valence-corrected chi connectivity index (χ3v) is 6.16. The standard InChI is InChI=1S/C19H23ClN4O2/c1-2-17(21-19(26)11-3-5-12(20)6-4-11)18-15-7-14(8-16(15)18)24-9-13(10-25)22-23-24/h3-6,9,14-18,25H,2,7-8,10H2,1H3,(H,21,26). The number of hydrogen-bond acceptors (Lipinski definition) is 4. The number of aromatic nitrogens is 3. The molecular weight excluding hydrogens is 352 g/mol. The van der Waals surface area contributed by atoms with E-state index in [4.69, 9.17) is 16.7 Å². The van der Waals surface area contributed by atoms with Gasteiger partial charge in [-0.1, -0.05) is 23.7 Å². The number of aliphatic hydroxyl groups is 1. The molecule has 2 fully saturated rings. The van der Waals surface area contributed by atoms with Gasteiger partial charge < -0.3 is 10.4 Å². The van der Waals surface area contributed by atoms with Crippen LogP contribution in [0, 0.1) is 17.8 Å². The fourth-order valence-electron chi connectivity index (χ4n) is 4.56. The topological polar surface area (TPSA) is 80.0 Å². The number of halogens is 1. The predicted octanol–water partition coefficient (Wildman–Crippen LogP) is 2.83. The molecule has 26 heavy (non-hydrogen) atoms. The molecule has 3 atom stereocenters. The van der Waals surface area contributed by atoms with Crippen molar-refractivity contribution in [2.75, 3.05) is 0 Å². The lowest BCUT2D eigenvalue weighted by molar-refractivity contribution is 0.0926. The van der Waals surface area contributed by atoms with Gasteiger partial charge in [0, 0.05) is 16.6 Å². The van der Waals surface area contributed by atoms with Gasteiger partial charge in [-0.05, 0) is 61.3 Å². The van der Waals surface area contributed by atoms with Crippen molar-refractivity contribution in [2.24, 2.45) is 17.8 Å². The minimum Gasteiger partial charge on any atom is -0.390 e. The number of amides is 1. The van der Waals surface area contributed by atoms with E-state index in [1.165, 1.54) is 0 Å². The Morgan fingerprint density at radius 3 is 2.62 bits per heavy atom. The summed E-state index contributed by atoms with van der Waals surface area (Å²) >= 11 is 5.89. The number of nitrogens with zero attached hydrogens (tertiary/aromatic N) is 3. The summed E-state index contributed by atoms with van der Waals surface area (Å²) in [5.74, 6) is 1.79. The van der Waals surface area contributed by atoms with Crippen molar-refractivity contribution >= 4 is 17.5 Å². The molecular formula is C19H23ClN4O2. The van der Waals surface area contributed by atoms with Crippen LogP contribution in [0.3, 0.4) is 0 Å². The second kappa shape index (κ2) is 7.00. The second-order valence-corrected chi connectivity index (χ2v) is 7.81. The number of carbonyl (C=O) groups excluding carboxylic acids is 1. The molecule has 2 aliphatic rings. The van der Waals surface area contributed by atoms with Crippen LogP contribution in [0.5, 0.6) is 0 Å². The Hall–Kier alpha value is -1.92. The van der Waals surface area contributed by atoms with Crippen LogP contribution in [-0.2, 0) is 6.61 Å². The summed E-state index contributed by atoms with van der Waals surface area (Å²) in [6.45, 7) is 2.06. The monoisotopic (exact) mass is 374 g/mol. The second-order valence-electron chi connectivity index (χ2n) is 7.37. The van der Waals surface area contributed by atoms with Crippen LogP contribution in [0.25, 0.3) is 0 Å². The van der Waals surface area contributed by atoms with Gasteiger partial charge in [-0.15, -0.1) is 5.10 Å². The molecule has 1 amide bonds. The fourth-order valence-corrected chi connectivity index (χ4v) is 4.69. The van der Waals surface area contributed by atoms with Gasteiger partial charge in [0.1, 0.15) is 5.69 Å². The Balaban J connectivity index is 1.35. The fraction of sp³-hybridized carbons (Fsp3) is 0.526. The summed E-state index contributed by atoms with van der Waals surface area (Å²) < 4.78 is 1.89. The maximum Gasteiger partial charge on any atom is 0.251 e. The van der Waals surface area contributed by atoms with Crippen LogP contribution in [0.15, 0.2) is 30.5 Å². The van der Waals surface area contributed by atoms with Gasteiger partial charge in [0.05, 0.1) is 18.8 Å². The molecule has 1 heterocycles. The molecule has 2 N–H and O–H groups in total. The van der Waals surface area contributed by atoms with Gasteiger partial charge in [-0.3, -0.25) is 4.79 Å². The molecule has 0 bridgehead atoms. The van der Waals surface area contributed by atoms with E-state index >= 15 is 0 Å². The van der Waals surface area contributed by atoms with E-state index in [1.807, 2.05) is 10.9 Å². The molecule has 7 heteroatoms. The minimum absolute atomic E-state index is 0.0288. The molecule has 0 aliphatic heterocycles. The van der Waals surface area contributed by atoms with Crippen molar-refractivity contribution in [1.29, 1.82) is 0 Å². The molecule has 1 aromatic carbocycles. The zero-order chi connectivity index (χ0) is 18.3. The lowest BCUT2D eigenvalue weighted by atomic mass is 9.99. The summed E-state index contributed by atoms with van der Waals surface area (Å²) in [7, 11) is 0. The van der Waals surface area contributed by atoms with Crippen LogP contribution in [-0.4, -0.2) is 32.0 Å². The molecule has 3 unspecified atom stereocenters. The summed E-state index contributed by atoms with van der Waals surface area (Å²) in [5.41, 5.74) is 1.26. The molecule has 138 valence electrons. The first-order valence-corrected chi connectivity index (χ1v) is 9.56. The molecule has 0 spiro atoms. The maximum absolute atomic E-state index is 12.5. The van der Waals surface area contributed by atoms with Crippen molar-refractivity contribution in [3.63, 3.8) is 0 Å². The van der Waals surface area contributed by atoms with E-state index in [2.05, 4.69) is 22.6 Å². The van der Waals surface area contributed by atoms with Gasteiger partial charge >= 0.3 is 0 Å². The zero-order valence-corrected chi connectivity index (χ0v) is 15.4. The average Bonchev–Trinajstić information content (AvgIpc) is 3.04. The Labute approximate surface area is 157 Å². The lowest BCUT2D eigenvalue weighted by Gasteiger charge is -2.21. The molecule has 2 saturated carbocycles. The number of benzene rings is 1. The molecule has 1 aromatic heterocycles. The third kappa shape index (κ3) is 3.23. The first kappa shape index (κ1) is 17.5. The van der Waals surface area contributed by atoms with E-state index in [0.29, 0.717) is 40.1 Å².